The molecule has 0 spiro atoms. The van der Waals surface area contributed by atoms with Crippen LogP contribution in [0.2, 0.25) is 0 Å². The minimum Gasteiger partial charge on any atom is -0.394 e. The van der Waals surface area contributed by atoms with Crippen molar-refractivity contribution < 1.29 is 43.2 Å². The number of aliphatic hydroxyl groups excluding tert-OH is 3. The van der Waals surface area contributed by atoms with E-state index in [1.54, 1.807) is 0 Å². The largest absolute Gasteiger partial charge is 0.394 e. The molecule has 0 aromatic rings. The van der Waals surface area contributed by atoms with Gasteiger partial charge in [0.2, 0.25) is 1.43 Å². The molecule has 0 aromatic heterocycles. The van der Waals surface area contributed by atoms with Gasteiger partial charge in [0.15, 0.2) is 0 Å². The lowest BCUT2D eigenvalue weighted by molar-refractivity contribution is -0.0601. The van der Waals surface area contributed by atoms with Crippen LogP contribution in [0.5, 0.6) is 0 Å². The average Bonchev–Trinajstić information content (AvgIpc) is 2.56. The van der Waals surface area contributed by atoms with Gasteiger partial charge in [-0.15, -0.1) is 0 Å². The summed E-state index contributed by atoms with van der Waals surface area (Å²) in [5.41, 5.74) is -4.32. The van der Waals surface area contributed by atoms with E-state index in [-0.39, 0.29) is 0 Å². The van der Waals surface area contributed by atoms with E-state index in [4.69, 9.17) is 16.2 Å². The fraction of sp³-hybridized carbons (Fsp3) is 1.00. The summed E-state index contributed by atoms with van der Waals surface area (Å²) in [7, 11) is -5.51. The van der Waals surface area contributed by atoms with Crippen LogP contribution in [0.1, 0.15) is 6.42 Å². The lowest BCUT2D eigenvalue weighted by Gasteiger charge is -2.22. The molecule has 5 atom stereocenters. The summed E-state index contributed by atoms with van der Waals surface area (Å²) < 4.78 is 48.3. The van der Waals surface area contributed by atoms with Crippen LogP contribution < -0.4 is 0 Å². The van der Waals surface area contributed by atoms with Crippen molar-refractivity contribution >= 4 is 7.60 Å². The van der Waals surface area contributed by atoms with Gasteiger partial charge in [-0.2, -0.15) is 8.78 Å². The summed E-state index contributed by atoms with van der Waals surface area (Å²) in [6.45, 7) is -0.702. The van der Waals surface area contributed by atoms with Crippen LogP contribution in [0.25, 0.3) is 0 Å². The molecule has 7 nitrogen and oxygen atoms in total. The Balaban J connectivity index is 2.77. The molecule has 102 valence electrons. The van der Waals surface area contributed by atoms with E-state index >= 15 is 0 Å². The highest BCUT2D eigenvalue weighted by Gasteiger charge is 2.54. The molecule has 0 saturated carbocycles. The highest BCUT2D eigenvalue weighted by molar-refractivity contribution is 7.53. The van der Waals surface area contributed by atoms with Gasteiger partial charge in [0, 0.05) is 0 Å². The van der Waals surface area contributed by atoms with Crippen LogP contribution in [0.3, 0.4) is 0 Å². The van der Waals surface area contributed by atoms with Gasteiger partial charge < -0.3 is 29.8 Å². The van der Waals surface area contributed by atoms with E-state index in [9.17, 15) is 23.6 Å². The number of aliphatic hydroxyl groups is 3. The third-order valence-corrected chi connectivity index (χ3v) is 3.51. The van der Waals surface area contributed by atoms with Crippen molar-refractivity contribution in [3.05, 3.63) is 0 Å². The van der Waals surface area contributed by atoms with E-state index in [1.165, 1.54) is 0 Å². The van der Waals surface area contributed by atoms with Crippen LogP contribution in [0.4, 0.5) is 8.78 Å². The molecule has 1 saturated heterocycles. The van der Waals surface area contributed by atoms with E-state index < -0.39 is 50.7 Å². The third kappa shape index (κ3) is 3.00. The molecule has 1 heterocycles. The van der Waals surface area contributed by atoms with Gasteiger partial charge in [0.1, 0.15) is 18.3 Å². The van der Waals surface area contributed by atoms with Gasteiger partial charge in [0.05, 0.1) is 19.1 Å². The second-order valence-electron chi connectivity index (χ2n) is 3.77. The van der Waals surface area contributed by atoms with Crippen LogP contribution in [-0.2, 0) is 9.30 Å². The molecule has 0 radical (unpaired) electrons. The molecule has 0 aromatic carbocycles. The van der Waals surface area contributed by atoms with Crippen molar-refractivity contribution in [2.75, 3.05) is 6.61 Å². The molecule has 0 aliphatic carbocycles. The molecule has 0 amide bonds. The number of halogens is 2. The molecule has 10 heteroatoms. The number of alkyl halides is 2. The molecule has 1 fully saturated rings. The Morgan fingerprint density at radius 3 is 2.29 bits per heavy atom. The highest BCUT2D eigenvalue weighted by Crippen LogP contribution is 2.56. The summed E-state index contributed by atoms with van der Waals surface area (Å²) in [5.74, 6) is 0. The number of hydrogen-bond acceptors (Lipinski definition) is 6. The fourth-order valence-electron chi connectivity index (χ4n) is 1.50. The first-order valence-corrected chi connectivity index (χ1v) is 6.22. The zero-order chi connectivity index (χ0) is 14.1. The van der Waals surface area contributed by atoms with Crippen LogP contribution in [0, 0.1) is 0 Å². The van der Waals surface area contributed by atoms with Gasteiger partial charge in [-0.3, -0.25) is 4.57 Å². The Labute approximate surface area is 96.3 Å². The summed E-state index contributed by atoms with van der Waals surface area (Å²) in [6, 6.07) is 0. The monoisotopic (exact) mass is 279 g/mol. The molecular formula is C7H13F2O7P. The molecule has 1 unspecified atom stereocenters. The lowest BCUT2D eigenvalue weighted by Crippen LogP contribution is -2.36. The fourth-order valence-corrected chi connectivity index (χ4v) is 1.91. The first-order chi connectivity index (χ1) is 8.16. The molecule has 17 heavy (non-hydrogen) atoms. The van der Waals surface area contributed by atoms with Crippen molar-refractivity contribution in [3.8, 4) is 0 Å². The summed E-state index contributed by atoms with van der Waals surface area (Å²) >= 11 is 0. The lowest BCUT2D eigenvalue weighted by atomic mass is 10.1. The molecule has 1 aliphatic rings. The molecule has 0 bridgehead atoms. The predicted molar refractivity (Wildman–Crippen MR) is 49.4 cm³/mol. The topological polar surface area (TPSA) is 127 Å². The smallest absolute Gasteiger partial charge is 0.394 e. The zero-order valence-electron chi connectivity index (χ0n) is 9.44. The van der Waals surface area contributed by atoms with Crippen LogP contribution in [0.15, 0.2) is 0 Å². The predicted octanol–water partition coefficient (Wildman–Crippen LogP) is -1.37. The van der Waals surface area contributed by atoms with Crippen molar-refractivity contribution in [2.45, 2.75) is 36.5 Å². The second-order valence-corrected chi connectivity index (χ2v) is 5.46. The molecule has 1 aliphatic heterocycles. The first kappa shape index (κ1) is 13.3. The van der Waals surface area contributed by atoms with Crippen molar-refractivity contribution in [1.29, 1.82) is 1.43 Å². The van der Waals surface area contributed by atoms with Gasteiger partial charge in [-0.1, -0.05) is 0 Å². The summed E-state index contributed by atoms with van der Waals surface area (Å²) in [5, 5.41) is 27.4. The van der Waals surface area contributed by atoms with Crippen molar-refractivity contribution in [3.63, 3.8) is 0 Å². The number of rotatable bonds is 5. The Kier molecular flexibility index (Phi) is 3.79. The number of ether oxygens (including phenoxy) is 1. The molecular weight excluding hydrogens is 265 g/mol. The van der Waals surface area contributed by atoms with Gasteiger partial charge in [-0.05, 0) is 0 Å². The van der Waals surface area contributed by atoms with Crippen molar-refractivity contribution in [2.24, 2.45) is 0 Å². The van der Waals surface area contributed by atoms with E-state index in [0.29, 0.717) is 0 Å². The Morgan fingerprint density at radius 1 is 1.35 bits per heavy atom. The SMILES string of the molecule is [2H]OP(=O)(O)C(F)(F)C[C@H]1O[C@H](CO)[C@@H](O)[C@@H]1O. The zero-order valence-corrected chi connectivity index (χ0v) is 9.33. The Hall–Kier alpha value is -0.150. The van der Waals surface area contributed by atoms with Crippen LogP contribution in [-0.4, -0.2) is 63.2 Å². The van der Waals surface area contributed by atoms with E-state index in [0.717, 1.165) is 0 Å². The molecule has 5 N–H and O–H groups in total. The number of hydrogen-bond donors (Lipinski definition) is 5. The van der Waals surface area contributed by atoms with Gasteiger partial charge >= 0.3 is 13.3 Å². The second kappa shape index (κ2) is 4.85. The Bertz CT molecular complexity index is 344. The van der Waals surface area contributed by atoms with Gasteiger partial charge in [0.25, 0.3) is 0 Å². The van der Waals surface area contributed by atoms with Crippen molar-refractivity contribution in [1.82, 2.24) is 0 Å². The maximum absolute atomic E-state index is 13.3. The van der Waals surface area contributed by atoms with Crippen LogP contribution >= 0.6 is 7.60 Å². The average molecular weight is 279 g/mol. The summed E-state index contributed by atoms with van der Waals surface area (Å²) in [4.78, 5) is 11.8. The molecule has 1 rings (SSSR count). The Morgan fingerprint density at radius 2 is 1.88 bits per heavy atom. The minimum absolute atomic E-state index is 0.702. The quantitative estimate of drug-likeness (QED) is 0.393. The van der Waals surface area contributed by atoms with Gasteiger partial charge in [-0.25, -0.2) is 0 Å². The minimum atomic E-state index is -5.51. The normalized spacial score (nSPS) is 38.8. The standard InChI is InChI=1S/C7H13F2O7P/c8-7(9,17(13,14)15)1-3-5(11)6(12)4(2-10)16-3/h3-6,10-12H,1-2H2,(H2,13,14,15)/t3-,4-,5-,6-/m1/s1/i/hD. The first-order valence-electron chi connectivity index (χ1n) is 5.05. The maximum atomic E-state index is 13.3. The maximum Gasteiger partial charge on any atom is 0.394 e. The van der Waals surface area contributed by atoms with E-state index in [1.807, 2.05) is 0 Å². The highest BCUT2D eigenvalue weighted by atomic mass is 31.2. The third-order valence-electron chi connectivity index (χ3n) is 2.50. The summed E-state index contributed by atoms with van der Waals surface area (Å²) in [6.07, 6.45) is -7.64. The van der Waals surface area contributed by atoms with E-state index in [2.05, 4.69) is 4.90 Å².